The second-order valence-corrected chi connectivity index (χ2v) is 5.61. The van der Waals surface area contributed by atoms with Crippen molar-refractivity contribution in [2.45, 2.75) is 6.42 Å². The number of carbonyl (C=O) groups is 2. The van der Waals surface area contributed by atoms with Gasteiger partial charge in [0.25, 0.3) is 5.91 Å². The Morgan fingerprint density at radius 1 is 1.14 bits per heavy atom. The Kier molecular flexibility index (Phi) is 7.32. The van der Waals surface area contributed by atoms with Crippen molar-refractivity contribution in [2.24, 2.45) is 10.8 Å². The number of nitrogens with one attached hydrogen (secondary N) is 1. The lowest BCUT2D eigenvalue weighted by Crippen LogP contribution is -2.20. The molecule has 0 aliphatic heterocycles. The van der Waals surface area contributed by atoms with Crippen LogP contribution in [0.2, 0.25) is 0 Å². The third kappa shape index (κ3) is 5.97. The Balaban J connectivity index is 2.06. The van der Waals surface area contributed by atoms with Crippen LogP contribution in [-0.4, -0.2) is 38.9 Å². The molecule has 8 nitrogen and oxygen atoms in total. The molecular weight excluding hydrogens is 369 g/mol. The Morgan fingerprint density at radius 2 is 1.75 bits per heavy atom. The average molecular weight is 389 g/mol. The monoisotopic (exact) mass is 389 g/mol. The van der Waals surface area contributed by atoms with Gasteiger partial charge in [0.15, 0.2) is 18.1 Å². The number of hydrogen-bond acceptors (Lipinski definition) is 6. The van der Waals surface area contributed by atoms with Crippen LogP contribution in [0.1, 0.15) is 11.1 Å². The third-order valence-electron chi connectivity index (χ3n) is 3.52. The van der Waals surface area contributed by atoms with Gasteiger partial charge in [0.05, 0.1) is 26.9 Å². The number of halogens is 1. The molecule has 0 saturated heterocycles. The van der Waals surface area contributed by atoms with E-state index in [1.165, 1.54) is 44.7 Å². The van der Waals surface area contributed by atoms with E-state index < -0.39 is 5.91 Å². The number of primary amides is 1. The molecule has 0 bridgehead atoms. The van der Waals surface area contributed by atoms with Gasteiger partial charge in [-0.05, 0) is 29.8 Å². The molecule has 0 fully saturated rings. The van der Waals surface area contributed by atoms with Gasteiger partial charge >= 0.3 is 0 Å². The van der Waals surface area contributed by atoms with Crippen molar-refractivity contribution in [3.8, 4) is 17.2 Å². The number of ether oxygens (including phenoxy) is 3. The summed E-state index contributed by atoms with van der Waals surface area (Å²) in [6.07, 6.45) is 1.45. The largest absolute Gasteiger partial charge is 0.493 e. The lowest BCUT2D eigenvalue weighted by atomic mass is 10.1. The van der Waals surface area contributed by atoms with E-state index in [-0.39, 0.29) is 30.5 Å². The Hall–Kier alpha value is -3.62. The van der Waals surface area contributed by atoms with E-state index in [9.17, 15) is 14.0 Å². The molecule has 2 aromatic rings. The summed E-state index contributed by atoms with van der Waals surface area (Å²) in [5.41, 5.74) is 8.69. The highest BCUT2D eigenvalue weighted by atomic mass is 19.1. The van der Waals surface area contributed by atoms with E-state index in [4.69, 9.17) is 19.9 Å². The minimum Gasteiger partial charge on any atom is -0.493 e. The van der Waals surface area contributed by atoms with E-state index in [0.29, 0.717) is 22.6 Å². The zero-order chi connectivity index (χ0) is 20.5. The maximum absolute atomic E-state index is 12.9. The second kappa shape index (κ2) is 9.91. The summed E-state index contributed by atoms with van der Waals surface area (Å²) >= 11 is 0. The SMILES string of the molecule is COc1cc(/C=N\NC(=O)Cc2ccc(F)cc2)cc(OC)c1OCC(N)=O. The fourth-order valence-corrected chi connectivity index (χ4v) is 2.27. The van der Waals surface area contributed by atoms with Crippen LogP contribution in [0, 0.1) is 5.82 Å². The van der Waals surface area contributed by atoms with Crippen molar-refractivity contribution in [3.05, 3.63) is 53.3 Å². The quantitative estimate of drug-likeness (QED) is 0.497. The van der Waals surface area contributed by atoms with Crippen molar-refractivity contribution < 1.29 is 28.2 Å². The molecule has 2 aromatic carbocycles. The van der Waals surface area contributed by atoms with Crippen LogP contribution >= 0.6 is 0 Å². The van der Waals surface area contributed by atoms with Crippen LogP contribution in [0.15, 0.2) is 41.5 Å². The Morgan fingerprint density at radius 3 is 2.29 bits per heavy atom. The van der Waals surface area contributed by atoms with Gasteiger partial charge in [-0.2, -0.15) is 5.10 Å². The van der Waals surface area contributed by atoms with Gasteiger partial charge < -0.3 is 19.9 Å². The van der Waals surface area contributed by atoms with E-state index in [0.717, 1.165) is 0 Å². The molecule has 0 radical (unpaired) electrons. The summed E-state index contributed by atoms with van der Waals surface area (Å²) in [6, 6.07) is 8.81. The first kappa shape index (κ1) is 20.7. The summed E-state index contributed by atoms with van der Waals surface area (Å²) in [5.74, 6) is -0.532. The molecule has 2 rings (SSSR count). The molecule has 3 N–H and O–H groups in total. The number of nitrogens with two attached hydrogens (primary N) is 1. The number of carbonyl (C=O) groups excluding carboxylic acids is 2. The predicted molar refractivity (Wildman–Crippen MR) is 100 cm³/mol. The van der Waals surface area contributed by atoms with Crippen molar-refractivity contribution in [2.75, 3.05) is 20.8 Å². The van der Waals surface area contributed by atoms with Gasteiger partial charge in [0.2, 0.25) is 11.7 Å². The van der Waals surface area contributed by atoms with Gasteiger partial charge in [0.1, 0.15) is 5.82 Å². The van der Waals surface area contributed by atoms with Crippen molar-refractivity contribution in [3.63, 3.8) is 0 Å². The maximum Gasteiger partial charge on any atom is 0.255 e. The topological polar surface area (TPSA) is 112 Å². The van der Waals surface area contributed by atoms with Crippen LogP contribution < -0.4 is 25.4 Å². The number of hydrazone groups is 1. The molecule has 9 heteroatoms. The fourth-order valence-electron chi connectivity index (χ4n) is 2.27. The number of amides is 2. The molecule has 0 spiro atoms. The first-order chi connectivity index (χ1) is 13.4. The number of rotatable bonds is 9. The summed E-state index contributed by atoms with van der Waals surface area (Å²) in [7, 11) is 2.86. The van der Waals surface area contributed by atoms with Crippen molar-refractivity contribution >= 4 is 18.0 Å². The number of nitrogens with zero attached hydrogens (tertiary/aromatic N) is 1. The first-order valence-electron chi connectivity index (χ1n) is 8.16. The molecule has 0 atom stereocenters. The Bertz CT molecular complexity index is 843. The molecule has 2 amide bonds. The number of benzene rings is 2. The molecule has 28 heavy (non-hydrogen) atoms. The molecule has 148 valence electrons. The van der Waals surface area contributed by atoms with Gasteiger partial charge in [-0.1, -0.05) is 12.1 Å². The zero-order valence-corrected chi connectivity index (χ0v) is 15.4. The van der Waals surface area contributed by atoms with Crippen LogP contribution in [0.25, 0.3) is 0 Å². The summed E-state index contributed by atoms with van der Waals surface area (Å²) in [4.78, 5) is 22.8. The lowest BCUT2D eigenvalue weighted by Gasteiger charge is -2.14. The van der Waals surface area contributed by atoms with Crippen molar-refractivity contribution in [1.82, 2.24) is 5.43 Å². The van der Waals surface area contributed by atoms with Gasteiger partial charge in [-0.3, -0.25) is 9.59 Å². The minimum absolute atomic E-state index is 0.0597. The van der Waals surface area contributed by atoms with E-state index >= 15 is 0 Å². The summed E-state index contributed by atoms with van der Waals surface area (Å²) in [5, 5.41) is 3.89. The minimum atomic E-state index is -0.640. The van der Waals surface area contributed by atoms with Crippen LogP contribution in [0.4, 0.5) is 4.39 Å². The normalized spacial score (nSPS) is 10.5. The highest BCUT2D eigenvalue weighted by Gasteiger charge is 2.14. The van der Waals surface area contributed by atoms with Crippen molar-refractivity contribution in [1.29, 1.82) is 0 Å². The molecule has 0 aliphatic carbocycles. The smallest absolute Gasteiger partial charge is 0.255 e. The van der Waals surface area contributed by atoms with E-state index in [2.05, 4.69) is 10.5 Å². The summed E-state index contributed by atoms with van der Waals surface area (Å²) in [6.45, 7) is -0.334. The highest BCUT2D eigenvalue weighted by molar-refractivity contribution is 5.85. The van der Waals surface area contributed by atoms with Gasteiger partial charge in [-0.15, -0.1) is 0 Å². The zero-order valence-electron chi connectivity index (χ0n) is 15.4. The molecule has 0 unspecified atom stereocenters. The highest BCUT2D eigenvalue weighted by Crippen LogP contribution is 2.38. The molecule has 0 aliphatic rings. The predicted octanol–water partition coefficient (Wildman–Crippen LogP) is 1.40. The number of hydrogen-bond donors (Lipinski definition) is 2. The van der Waals surface area contributed by atoms with E-state index in [1.54, 1.807) is 12.1 Å². The Labute approximate surface area is 161 Å². The standard InChI is InChI=1S/C19H20FN3O5/c1-26-15-7-13(8-16(27-2)19(15)28-11-17(21)24)10-22-23-18(25)9-12-3-5-14(20)6-4-12/h3-8,10H,9,11H2,1-2H3,(H2,21,24)(H,23,25)/b22-10-. The first-order valence-corrected chi connectivity index (χ1v) is 8.16. The average Bonchev–Trinajstić information content (AvgIpc) is 2.67. The number of methoxy groups -OCH3 is 2. The molecule has 0 aromatic heterocycles. The maximum atomic E-state index is 12.9. The van der Waals surface area contributed by atoms with Gasteiger partial charge in [-0.25, -0.2) is 9.82 Å². The van der Waals surface area contributed by atoms with Crippen LogP contribution in [0.5, 0.6) is 17.2 Å². The molecule has 0 heterocycles. The van der Waals surface area contributed by atoms with E-state index in [1.807, 2.05) is 0 Å². The van der Waals surface area contributed by atoms with Crippen LogP contribution in [0.3, 0.4) is 0 Å². The van der Waals surface area contributed by atoms with Gasteiger partial charge in [0, 0.05) is 5.56 Å². The van der Waals surface area contributed by atoms with Crippen LogP contribution in [-0.2, 0) is 16.0 Å². The fraction of sp³-hybridized carbons (Fsp3) is 0.211. The lowest BCUT2D eigenvalue weighted by molar-refractivity contribution is -0.121. The molecular formula is C19H20FN3O5. The third-order valence-corrected chi connectivity index (χ3v) is 3.52. The molecule has 0 saturated carbocycles. The summed E-state index contributed by atoms with van der Waals surface area (Å²) < 4.78 is 28.7. The second-order valence-electron chi connectivity index (χ2n) is 5.61.